The summed E-state index contributed by atoms with van der Waals surface area (Å²) in [6.07, 6.45) is 4.56. The Morgan fingerprint density at radius 3 is 2.68 bits per heavy atom. The third-order valence-electron chi connectivity index (χ3n) is 2.82. The Kier molecular flexibility index (Phi) is 5.48. The van der Waals surface area contributed by atoms with E-state index in [2.05, 4.69) is 12.2 Å². The maximum Gasteiger partial charge on any atom is 0.123 e. The van der Waals surface area contributed by atoms with Gasteiger partial charge in [0.1, 0.15) is 5.82 Å². The Hall–Kier alpha value is -1.26. The van der Waals surface area contributed by atoms with E-state index in [4.69, 9.17) is 4.42 Å². The van der Waals surface area contributed by atoms with Crippen molar-refractivity contribution in [3.8, 4) is 0 Å². The molecule has 2 aromatic rings. The Morgan fingerprint density at radius 2 is 2.05 bits per heavy atom. The average molecular weight is 279 g/mol. The second kappa shape index (κ2) is 7.36. The van der Waals surface area contributed by atoms with E-state index < -0.39 is 0 Å². The van der Waals surface area contributed by atoms with Crippen LogP contribution in [-0.4, -0.2) is 12.3 Å². The van der Waals surface area contributed by atoms with Crippen LogP contribution in [0.25, 0.3) is 0 Å². The lowest BCUT2D eigenvalue weighted by atomic mass is 10.2. The van der Waals surface area contributed by atoms with Crippen LogP contribution >= 0.6 is 11.8 Å². The molecule has 4 heteroatoms. The number of nitrogens with one attached hydrogen (secondary N) is 1. The maximum atomic E-state index is 12.8. The number of benzene rings is 1. The Balaban J connectivity index is 1.94. The van der Waals surface area contributed by atoms with Gasteiger partial charge in [0.15, 0.2) is 0 Å². The van der Waals surface area contributed by atoms with E-state index in [0.29, 0.717) is 0 Å². The highest BCUT2D eigenvalue weighted by atomic mass is 32.2. The van der Waals surface area contributed by atoms with Crippen molar-refractivity contribution in [1.29, 1.82) is 0 Å². The molecule has 19 heavy (non-hydrogen) atoms. The smallest absolute Gasteiger partial charge is 0.123 e. The number of furan rings is 1. The molecule has 2 nitrogen and oxygen atoms in total. The average Bonchev–Trinajstić information content (AvgIpc) is 2.95. The number of thioether (sulfide) groups is 1. The van der Waals surface area contributed by atoms with Crippen molar-refractivity contribution < 1.29 is 8.81 Å². The van der Waals surface area contributed by atoms with Gasteiger partial charge in [-0.15, -0.1) is 11.8 Å². The summed E-state index contributed by atoms with van der Waals surface area (Å²) >= 11 is 1.72. The summed E-state index contributed by atoms with van der Waals surface area (Å²) in [5.41, 5.74) is 1.16. The summed E-state index contributed by atoms with van der Waals surface area (Å²) in [5, 5.41) is 3.50. The third kappa shape index (κ3) is 4.40. The molecule has 0 bridgehead atoms. The standard InChI is InChI=1S/C15H18FNOS/c1-2-8-17-15(12-7-9-18-10-12)11-19-14-5-3-13(16)4-6-14/h3-7,9-10,15,17H,2,8,11H2,1H3. The zero-order valence-corrected chi connectivity index (χ0v) is 11.8. The summed E-state index contributed by atoms with van der Waals surface area (Å²) in [5.74, 6) is 0.699. The molecule has 1 unspecified atom stereocenters. The molecular weight excluding hydrogens is 261 g/mol. The molecule has 2 rings (SSSR count). The molecule has 0 radical (unpaired) electrons. The van der Waals surface area contributed by atoms with E-state index in [1.165, 1.54) is 12.1 Å². The fourth-order valence-electron chi connectivity index (χ4n) is 1.78. The van der Waals surface area contributed by atoms with Gasteiger partial charge in [0, 0.05) is 22.3 Å². The fourth-order valence-corrected chi connectivity index (χ4v) is 2.77. The molecule has 0 saturated carbocycles. The van der Waals surface area contributed by atoms with Crippen LogP contribution in [0.4, 0.5) is 4.39 Å². The number of hydrogen-bond acceptors (Lipinski definition) is 3. The number of halogens is 1. The molecule has 1 heterocycles. The molecule has 0 fully saturated rings. The van der Waals surface area contributed by atoms with Crippen LogP contribution in [0.3, 0.4) is 0 Å². The summed E-state index contributed by atoms with van der Waals surface area (Å²) < 4.78 is 18.0. The molecule has 0 saturated heterocycles. The van der Waals surface area contributed by atoms with Gasteiger partial charge in [-0.2, -0.15) is 0 Å². The van der Waals surface area contributed by atoms with Gasteiger partial charge in [0.05, 0.1) is 12.5 Å². The highest BCUT2D eigenvalue weighted by Crippen LogP contribution is 2.25. The van der Waals surface area contributed by atoms with Crippen LogP contribution in [0.15, 0.2) is 52.2 Å². The Bertz CT molecular complexity index is 469. The second-order valence-corrected chi connectivity index (χ2v) is 5.42. The maximum absolute atomic E-state index is 12.8. The zero-order valence-electron chi connectivity index (χ0n) is 10.9. The van der Waals surface area contributed by atoms with Crippen molar-refractivity contribution in [2.24, 2.45) is 0 Å². The van der Waals surface area contributed by atoms with Gasteiger partial charge in [-0.05, 0) is 43.3 Å². The minimum atomic E-state index is -0.195. The van der Waals surface area contributed by atoms with E-state index in [9.17, 15) is 4.39 Å². The molecule has 0 aliphatic rings. The highest BCUT2D eigenvalue weighted by Gasteiger charge is 2.12. The monoisotopic (exact) mass is 279 g/mol. The van der Waals surface area contributed by atoms with Crippen molar-refractivity contribution in [2.75, 3.05) is 12.3 Å². The summed E-state index contributed by atoms with van der Waals surface area (Å²) in [7, 11) is 0. The van der Waals surface area contributed by atoms with E-state index in [1.807, 2.05) is 18.2 Å². The molecule has 1 aromatic heterocycles. The first-order valence-corrected chi connectivity index (χ1v) is 7.42. The van der Waals surface area contributed by atoms with Gasteiger partial charge in [-0.3, -0.25) is 0 Å². The van der Waals surface area contributed by atoms with Crippen LogP contribution in [0, 0.1) is 5.82 Å². The fraction of sp³-hybridized carbons (Fsp3) is 0.333. The van der Waals surface area contributed by atoms with Gasteiger partial charge in [0.2, 0.25) is 0 Å². The first-order valence-electron chi connectivity index (χ1n) is 6.43. The topological polar surface area (TPSA) is 25.2 Å². The highest BCUT2D eigenvalue weighted by molar-refractivity contribution is 7.99. The molecule has 0 amide bonds. The van der Waals surface area contributed by atoms with E-state index >= 15 is 0 Å². The largest absolute Gasteiger partial charge is 0.472 e. The summed E-state index contributed by atoms with van der Waals surface area (Å²) in [6, 6.07) is 8.86. The molecule has 1 N–H and O–H groups in total. The van der Waals surface area contributed by atoms with Crippen LogP contribution in [0.1, 0.15) is 24.9 Å². The zero-order chi connectivity index (χ0) is 13.5. The lowest BCUT2D eigenvalue weighted by molar-refractivity contribution is 0.541. The van der Waals surface area contributed by atoms with Crippen molar-refractivity contribution in [3.05, 3.63) is 54.2 Å². The van der Waals surface area contributed by atoms with Crippen molar-refractivity contribution in [2.45, 2.75) is 24.3 Å². The Labute approximate surface area is 117 Å². The predicted molar refractivity (Wildman–Crippen MR) is 76.9 cm³/mol. The van der Waals surface area contributed by atoms with E-state index in [0.717, 1.165) is 29.2 Å². The van der Waals surface area contributed by atoms with E-state index in [-0.39, 0.29) is 11.9 Å². The van der Waals surface area contributed by atoms with Gasteiger partial charge in [-0.25, -0.2) is 4.39 Å². The number of rotatable bonds is 7. The Morgan fingerprint density at radius 1 is 1.26 bits per heavy atom. The van der Waals surface area contributed by atoms with Gasteiger partial charge < -0.3 is 9.73 Å². The minimum Gasteiger partial charge on any atom is -0.472 e. The first kappa shape index (κ1) is 14.2. The van der Waals surface area contributed by atoms with Gasteiger partial charge >= 0.3 is 0 Å². The molecule has 102 valence electrons. The molecule has 0 aliphatic heterocycles. The van der Waals surface area contributed by atoms with Gasteiger partial charge in [0.25, 0.3) is 0 Å². The van der Waals surface area contributed by atoms with Crippen molar-refractivity contribution in [1.82, 2.24) is 5.32 Å². The van der Waals surface area contributed by atoms with E-state index in [1.54, 1.807) is 24.3 Å². The predicted octanol–water partition coefficient (Wildman–Crippen LogP) is 4.25. The van der Waals surface area contributed by atoms with Crippen molar-refractivity contribution in [3.63, 3.8) is 0 Å². The van der Waals surface area contributed by atoms with Crippen LogP contribution in [-0.2, 0) is 0 Å². The summed E-state index contributed by atoms with van der Waals surface area (Å²) in [4.78, 5) is 1.08. The SMILES string of the molecule is CCCNC(CSc1ccc(F)cc1)c1ccoc1. The van der Waals surface area contributed by atoms with Crippen molar-refractivity contribution >= 4 is 11.8 Å². The minimum absolute atomic E-state index is 0.195. The number of hydrogen-bond donors (Lipinski definition) is 1. The quantitative estimate of drug-likeness (QED) is 0.767. The first-order chi connectivity index (χ1) is 9.29. The van der Waals surface area contributed by atoms with Crippen LogP contribution in [0.2, 0.25) is 0 Å². The molecule has 0 aliphatic carbocycles. The normalized spacial score (nSPS) is 12.5. The van der Waals surface area contributed by atoms with Crippen LogP contribution in [0.5, 0.6) is 0 Å². The third-order valence-corrected chi connectivity index (χ3v) is 3.92. The molecule has 1 aromatic carbocycles. The second-order valence-electron chi connectivity index (χ2n) is 4.33. The van der Waals surface area contributed by atoms with Gasteiger partial charge in [-0.1, -0.05) is 6.92 Å². The molecule has 0 spiro atoms. The molecule has 1 atom stereocenters. The lowest BCUT2D eigenvalue weighted by Crippen LogP contribution is -2.23. The lowest BCUT2D eigenvalue weighted by Gasteiger charge is -2.16. The summed E-state index contributed by atoms with van der Waals surface area (Å²) in [6.45, 7) is 3.12. The molecular formula is C15H18FNOS. The van der Waals surface area contributed by atoms with Crippen LogP contribution < -0.4 is 5.32 Å².